The Hall–Kier alpha value is -2.18. The summed E-state index contributed by atoms with van der Waals surface area (Å²) >= 11 is 9.45. The summed E-state index contributed by atoms with van der Waals surface area (Å²) < 4.78 is 3.37. The second kappa shape index (κ2) is 8.52. The van der Waals surface area contributed by atoms with Crippen LogP contribution in [0.2, 0.25) is 0 Å². The van der Waals surface area contributed by atoms with E-state index in [0.717, 1.165) is 21.0 Å². The summed E-state index contributed by atoms with van der Waals surface area (Å²) in [4.78, 5) is 7.16. The van der Waals surface area contributed by atoms with E-state index in [1.807, 2.05) is 12.3 Å². The van der Waals surface area contributed by atoms with Crippen LogP contribution >= 0.6 is 28.1 Å². The maximum Gasteiger partial charge on any atom is 0.170 e. The third kappa shape index (κ3) is 3.67. The van der Waals surface area contributed by atoms with Gasteiger partial charge in [0.1, 0.15) is 0 Å². The number of nitrogens with zero attached hydrogens (tertiary/aromatic N) is 3. The molecule has 6 heteroatoms. The highest BCUT2D eigenvalue weighted by Crippen LogP contribution is 2.43. The minimum atomic E-state index is 0.0322. The van der Waals surface area contributed by atoms with Gasteiger partial charge in [0, 0.05) is 34.3 Å². The highest BCUT2D eigenvalue weighted by Gasteiger charge is 2.44. The van der Waals surface area contributed by atoms with Crippen molar-refractivity contribution in [3.05, 3.63) is 82.9 Å². The maximum absolute atomic E-state index is 5.90. The van der Waals surface area contributed by atoms with E-state index in [9.17, 15) is 0 Å². The molecule has 0 amide bonds. The van der Waals surface area contributed by atoms with Crippen LogP contribution in [-0.4, -0.2) is 25.6 Å². The Bertz CT molecular complexity index is 1010. The molecule has 2 aromatic heterocycles. The molecule has 1 aliphatic heterocycles. The minimum Gasteiger partial charge on any atom is -0.352 e. The van der Waals surface area contributed by atoms with E-state index in [4.69, 9.17) is 12.2 Å². The van der Waals surface area contributed by atoms with Crippen molar-refractivity contribution in [2.24, 2.45) is 0 Å². The van der Waals surface area contributed by atoms with Crippen molar-refractivity contribution in [3.8, 4) is 5.69 Å². The zero-order valence-electron chi connectivity index (χ0n) is 16.7. The van der Waals surface area contributed by atoms with Gasteiger partial charge >= 0.3 is 0 Å². The molecule has 1 aromatic carbocycles. The number of aromatic nitrogens is 2. The molecule has 1 aliphatic carbocycles. The van der Waals surface area contributed by atoms with Crippen LogP contribution in [0.3, 0.4) is 0 Å². The fourth-order valence-electron chi connectivity index (χ4n) is 4.91. The van der Waals surface area contributed by atoms with Gasteiger partial charge in [0.25, 0.3) is 0 Å². The molecule has 2 aliphatic rings. The summed E-state index contributed by atoms with van der Waals surface area (Å²) in [5, 5.41) is 4.47. The number of hydrogen-bond acceptors (Lipinski definition) is 2. The topological polar surface area (TPSA) is 33.1 Å². The van der Waals surface area contributed by atoms with Crippen LogP contribution in [0.4, 0.5) is 0 Å². The molecule has 0 radical (unpaired) electrons. The standard InChI is InChI=1S/C24H25BrN4S/c25-17-11-13-18(14-12-17)28-16-6-10-21(28)23-22(20-9-4-5-15-26-20)27-24(30)29(23)19-7-2-1-3-8-19/h4-6,9-16,19,22-23H,1-3,7-8H2,(H,27,30)/t22-,23-/m0/s1. The van der Waals surface area contributed by atoms with Crippen LogP contribution in [0.25, 0.3) is 5.69 Å². The van der Waals surface area contributed by atoms with Gasteiger partial charge in [-0.15, -0.1) is 0 Å². The molecular weight excluding hydrogens is 456 g/mol. The Morgan fingerprint density at radius 2 is 1.77 bits per heavy atom. The van der Waals surface area contributed by atoms with Crippen molar-refractivity contribution < 1.29 is 0 Å². The van der Waals surface area contributed by atoms with E-state index in [1.165, 1.54) is 37.8 Å². The van der Waals surface area contributed by atoms with Crippen LogP contribution < -0.4 is 5.32 Å². The predicted molar refractivity (Wildman–Crippen MR) is 128 cm³/mol. The number of rotatable bonds is 4. The number of nitrogens with one attached hydrogen (secondary N) is 1. The number of pyridine rings is 1. The molecule has 0 unspecified atom stereocenters. The monoisotopic (exact) mass is 480 g/mol. The summed E-state index contributed by atoms with van der Waals surface area (Å²) in [5.41, 5.74) is 3.43. The van der Waals surface area contributed by atoms with E-state index in [2.05, 4.69) is 90.4 Å². The summed E-state index contributed by atoms with van der Waals surface area (Å²) in [6.45, 7) is 0. The Labute approximate surface area is 191 Å². The number of thiocarbonyl (C=S) groups is 1. The Morgan fingerprint density at radius 3 is 2.50 bits per heavy atom. The van der Waals surface area contributed by atoms with Crippen molar-refractivity contribution in [1.82, 2.24) is 19.8 Å². The summed E-state index contributed by atoms with van der Waals surface area (Å²) in [6.07, 6.45) is 10.3. The summed E-state index contributed by atoms with van der Waals surface area (Å²) in [7, 11) is 0. The fraction of sp³-hybridized carbons (Fsp3) is 0.333. The predicted octanol–water partition coefficient (Wildman–Crippen LogP) is 5.94. The first-order valence-electron chi connectivity index (χ1n) is 10.7. The normalized spacial score (nSPS) is 22.3. The fourth-order valence-corrected chi connectivity index (χ4v) is 5.56. The van der Waals surface area contributed by atoms with Crippen molar-refractivity contribution >= 4 is 33.3 Å². The lowest BCUT2D eigenvalue weighted by molar-refractivity contribution is 0.193. The van der Waals surface area contributed by atoms with E-state index in [1.54, 1.807) is 0 Å². The molecule has 3 aromatic rings. The van der Waals surface area contributed by atoms with Crippen molar-refractivity contribution in [2.45, 2.75) is 50.2 Å². The average Bonchev–Trinajstić information content (AvgIpc) is 3.40. The quantitative estimate of drug-likeness (QED) is 0.468. The molecule has 1 saturated heterocycles. The summed E-state index contributed by atoms with van der Waals surface area (Å²) in [5.74, 6) is 0. The third-order valence-electron chi connectivity index (χ3n) is 6.29. The first-order valence-corrected chi connectivity index (χ1v) is 11.9. The molecule has 2 fully saturated rings. The smallest absolute Gasteiger partial charge is 0.170 e. The average molecular weight is 481 g/mol. The molecule has 2 atom stereocenters. The molecular formula is C24H25BrN4S. The Balaban J connectivity index is 1.60. The zero-order valence-corrected chi connectivity index (χ0v) is 19.1. The Morgan fingerprint density at radius 1 is 0.967 bits per heavy atom. The zero-order chi connectivity index (χ0) is 20.5. The van der Waals surface area contributed by atoms with Crippen LogP contribution in [0.1, 0.15) is 55.6 Å². The van der Waals surface area contributed by atoms with Gasteiger partial charge in [-0.05, 0) is 73.6 Å². The first kappa shape index (κ1) is 19.8. The second-order valence-electron chi connectivity index (χ2n) is 8.11. The Kier molecular flexibility index (Phi) is 5.61. The van der Waals surface area contributed by atoms with Gasteiger partial charge in [-0.1, -0.05) is 41.3 Å². The number of hydrogen-bond donors (Lipinski definition) is 1. The van der Waals surface area contributed by atoms with Gasteiger partial charge in [0.15, 0.2) is 5.11 Å². The van der Waals surface area contributed by atoms with Crippen LogP contribution in [-0.2, 0) is 0 Å². The van der Waals surface area contributed by atoms with Crippen LogP contribution in [0.15, 0.2) is 71.5 Å². The largest absolute Gasteiger partial charge is 0.352 e. The van der Waals surface area contributed by atoms with Crippen molar-refractivity contribution in [2.75, 3.05) is 0 Å². The molecule has 0 bridgehead atoms. The first-order chi connectivity index (χ1) is 14.7. The van der Waals surface area contributed by atoms with Crippen LogP contribution in [0, 0.1) is 0 Å². The maximum atomic E-state index is 5.90. The van der Waals surface area contributed by atoms with Gasteiger partial charge in [-0.2, -0.15) is 0 Å². The minimum absolute atomic E-state index is 0.0322. The number of halogens is 1. The lowest BCUT2D eigenvalue weighted by atomic mass is 9.92. The van der Waals surface area contributed by atoms with Gasteiger partial charge in [0.05, 0.1) is 17.8 Å². The van der Waals surface area contributed by atoms with E-state index >= 15 is 0 Å². The van der Waals surface area contributed by atoms with E-state index < -0.39 is 0 Å². The van der Waals surface area contributed by atoms with Gasteiger partial charge in [-0.25, -0.2) is 0 Å². The lowest BCUT2D eigenvalue weighted by Crippen LogP contribution is -2.40. The molecule has 30 heavy (non-hydrogen) atoms. The number of benzene rings is 1. The van der Waals surface area contributed by atoms with E-state index in [-0.39, 0.29) is 12.1 Å². The molecule has 5 rings (SSSR count). The van der Waals surface area contributed by atoms with E-state index in [0.29, 0.717) is 6.04 Å². The second-order valence-corrected chi connectivity index (χ2v) is 9.41. The van der Waals surface area contributed by atoms with Gasteiger partial charge in [-0.3, -0.25) is 4.98 Å². The van der Waals surface area contributed by atoms with Crippen LogP contribution in [0.5, 0.6) is 0 Å². The highest BCUT2D eigenvalue weighted by molar-refractivity contribution is 9.10. The van der Waals surface area contributed by atoms with Crippen molar-refractivity contribution in [1.29, 1.82) is 0 Å². The SMILES string of the molecule is S=C1N[C@@H](c2ccccn2)[C@H](c2cccn2-c2ccc(Br)cc2)N1C1CCCCC1. The highest BCUT2D eigenvalue weighted by atomic mass is 79.9. The molecule has 1 saturated carbocycles. The van der Waals surface area contributed by atoms with Gasteiger partial charge < -0.3 is 14.8 Å². The molecule has 154 valence electrons. The molecule has 4 nitrogen and oxygen atoms in total. The van der Waals surface area contributed by atoms with Gasteiger partial charge in [0.2, 0.25) is 0 Å². The third-order valence-corrected chi connectivity index (χ3v) is 7.15. The summed E-state index contributed by atoms with van der Waals surface area (Å²) in [6, 6.07) is 19.6. The molecule has 1 N–H and O–H groups in total. The molecule has 0 spiro atoms. The lowest BCUT2D eigenvalue weighted by Gasteiger charge is -2.37. The van der Waals surface area contributed by atoms with Crippen molar-refractivity contribution in [3.63, 3.8) is 0 Å². The molecule has 3 heterocycles.